The first-order valence-corrected chi connectivity index (χ1v) is 5.25. The summed E-state index contributed by atoms with van der Waals surface area (Å²) in [6, 6.07) is 0. The van der Waals surface area contributed by atoms with E-state index in [0.29, 0.717) is 0 Å². The summed E-state index contributed by atoms with van der Waals surface area (Å²) in [4.78, 5) is 15.1. The average molecular weight is 204 g/mol. The second-order valence-corrected chi connectivity index (χ2v) is 3.73. The molecule has 0 bridgehead atoms. The molecule has 1 amide bonds. The van der Waals surface area contributed by atoms with Gasteiger partial charge >= 0.3 is 6.09 Å². The number of hydrogen-bond acceptors (Lipinski definition) is 4. The Morgan fingerprint density at radius 1 is 1.62 bits per heavy atom. The lowest BCUT2D eigenvalue weighted by atomic mass is 10.4. The minimum atomic E-state index is -0.532. The number of amides is 1. The molecule has 0 unspecified atom stereocenters. The number of hydrogen-bond donors (Lipinski definition) is 1. The van der Waals surface area contributed by atoms with Gasteiger partial charge in [0.25, 0.3) is 0 Å². The van der Waals surface area contributed by atoms with Gasteiger partial charge in [-0.25, -0.2) is 4.79 Å². The van der Waals surface area contributed by atoms with E-state index in [-0.39, 0.29) is 0 Å². The van der Waals surface area contributed by atoms with Crippen LogP contribution in [-0.4, -0.2) is 23.9 Å². The molecule has 0 aromatic heterocycles. The van der Waals surface area contributed by atoms with Gasteiger partial charge in [-0.05, 0) is 19.1 Å². The Balaban J connectivity index is 3.56. The third-order valence-electron chi connectivity index (χ3n) is 1.27. The van der Waals surface area contributed by atoms with Crippen LogP contribution in [-0.2, 0) is 4.84 Å². The summed E-state index contributed by atoms with van der Waals surface area (Å²) in [5, 5.41) is 6.72. The summed E-state index contributed by atoms with van der Waals surface area (Å²) in [7, 11) is 1.50. The molecule has 5 heteroatoms. The van der Waals surface area contributed by atoms with E-state index in [1.165, 1.54) is 7.05 Å². The van der Waals surface area contributed by atoms with Crippen LogP contribution in [0.5, 0.6) is 0 Å². The number of oxime groups is 1. The van der Waals surface area contributed by atoms with E-state index in [2.05, 4.69) is 22.2 Å². The molecule has 0 aliphatic heterocycles. The Kier molecular flexibility index (Phi) is 7.48. The summed E-state index contributed by atoms with van der Waals surface area (Å²) in [6.07, 6.45) is 1.78. The van der Waals surface area contributed by atoms with E-state index in [4.69, 9.17) is 0 Å². The van der Waals surface area contributed by atoms with Crippen LogP contribution in [0.3, 0.4) is 0 Å². The second kappa shape index (κ2) is 7.91. The van der Waals surface area contributed by atoms with Gasteiger partial charge in [-0.15, -0.1) is 11.8 Å². The maximum Gasteiger partial charge on any atom is 0.433 e. The minimum Gasteiger partial charge on any atom is -0.323 e. The smallest absolute Gasteiger partial charge is 0.323 e. The second-order valence-electron chi connectivity index (χ2n) is 2.44. The topological polar surface area (TPSA) is 50.7 Å². The zero-order valence-corrected chi connectivity index (χ0v) is 9.11. The third kappa shape index (κ3) is 7.64. The van der Waals surface area contributed by atoms with Gasteiger partial charge in [0.1, 0.15) is 5.04 Å². The molecule has 0 atom stereocenters. The highest BCUT2D eigenvalue weighted by molar-refractivity contribution is 8.13. The number of nitrogens with one attached hydrogen (secondary N) is 1. The zero-order chi connectivity index (χ0) is 10.1. The van der Waals surface area contributed by atoms with Crippen molar-refractivity contribution < 1.29 is 9.63 Å². The summed E-state index contributed by atoms with van der Waals surface area (Å²) in [5.41, 5.74) is 0. The lowest BCUT2D eigenvalue weighted by Crippen LogP contribution is -2.17. The largest absolute Gasteiger partial charge is 0.433 e. The Labute approximate surface area is 83.1 Å². The quantitative estimate of drug-likeness (QED) is 0.251. The molecule has 4 nitrogen and oxygen atoms in total. The van der Waals surface area contributed by atoms with E-state index >= 15 is 0 Å². The van der Waals surface area contributed by atoms with Crippen LogP contribution < -0.4 is 5.32 Å². The van der Waals surface area contributed by atoms with Gasteiger partial charge in [0.05, 0.1) is 0 Å². The van der Waals surface area contributed by atoms with Crippen molar-refractivity contribution in [1.29, 1.82) is 0 Å². The molecular formula is C8H16N2O2S. The first-order valence-electron chi connectivity index (χ1n) is 4.26. The van der Waals surface area contributed by atoms with Gasteiger partial charge in [-0.3, -0.25) is 4.84 Å². The molecule has 0 aliphatic carbocycles. The van der Waals surface area contributed by atoms with E-state index in [9.17, 15) is 4.79 Å². The van der Waals surface area contributed by atoms with Crippen molar-refractivity contribution in [3.8, 4) is 0 Å². The van der Waals surface area contributed by atoms with Crippen molar-refractivity contribution in [1.82, 2.24) is 5.32 Å². The molecule has 1 N–H and O–H groups in total. The van der Waals surface area contributed by atoms with Crippen LogP contribution in [0.2, 0.25) is 0 Å². The summed E-state index contributed by atoms with van der Waals surface area (Å²) in [5.74, 6) is 1.02. The van der Waals surface area contributed by atoms with E-state index in [0.717, 1.165) is 23.6 Å². The SMILES string of the molecule is CCCCS/C(C)=N/OC(=O)NC. The lowest BCUT2D eigenvalue weighted by molar-refractivity contribution is 0.153. The zero-order valence-electron chi connectivity index (χ0n) is 8.29. The molecule has 0 radical (unpaired) electrons. The van der Waals surface area contributed by atoms with Gasteiger partial charge in [-0.2, -0.15) is 0 Å². The normalized spacial score (nSPS) is 11.2. The van der Waals surface area contributed by atoms with Gasteiger partial charge in [0.15, 0.2) is 0 Å². The highest BCUT2D eigenvalue weighted by atomic mass is 32.2. The molecule has 13 heavy (non-hydrogen) atoms. The molecule has 0 heterocycles. The number of thioether (sulfide) groups is 1. The highest BCUT2D eigenvalue weighted by Crippen LogP contribution is 2.07. The van der Waals surface area contributed by atoms with E-state index in [1.54, 1.807) is 11.8 Å². The molecule has 0 rings (SSSR count). The number of carbonyl (C=O) groups is 1. The van der Waals surface area contributed by atoms with Crippen molar-refractivity contribution in [2.75, 3.05) is 12.8 Å². The Morgan fingerprint density at radius 2 is 2.31 bits per heavy atom. The molecule has 0 aromatic carbocycles. The van der Waals surface area contributed by atoms with Crippen LogP contribution in [0.25, 0.3) is 0 Å². The Morgan fingerprint density at radius 3 is 2.85 bits per heavy atom. The van der Waals surface area contributed by atoms with Gasteiger partial charge in [0, 0.05) is 7.05 Å². The van der Waals surface area contributed by atoms with E-state index < -0.39 is 6.09 Å². The maximum atomic E-state index is 10.6. The molecular weight excluding hydrogens is 188 g/mol. The lowest BCUT2D eigenvalue weighted by Gasteiger charge is -1.99. The summed E-state index contributed by atoms with van der Waals surface area (Å²) < 4.78 is 0. The molecule has 0 spiro atoms. The predicted octanol–water partition coefficient (Wildman–Crippen LogP) is 2.21. The molecule has 0 saturated carbocycles. The van der Waals surface area contributed by atoms with Crippen LogP contribution in [0.4, 0.5) is 4.79 Å². The first-order chi connectivity index (χ1) is 6.20. The van der Waals surface area contributed by atoms with E-state index in [1.807, 2.05) is 6.92 Å². The number of nitrogens with zero attached hydrogens (tertiary/aromatic N) is 1. The summed E-state index contributed by atoms with van der Waals surface area (Å²) in [6.45, 7) is 3.96. The van der Waals surface area contributed by atoms with Crippen molar-refractivity contribution in [3.63, 3.8) is 0 Å². The van der Waals surface area contributed by atoms with Crippen molar-refractivity contribution >= 4 is 22.9 Å². The molecule has 0 saturated heterocycles. The van der Waals surface area contributed by atoms with Gasteiger partial charge < -0.3 is 5.32 Å². The Hall–Kier alpha value is -0.710. The van der Waals surface area contributed by atoms with Crippen LogP contribution in [0.15, 0.2) is 5.16 Å². The number of carbonyl (C=O) groups excluding carboxylic acids is 1. The fraction of sp³-hybridized carbons (Fsp3) is 0.750. The fourth-order valence-corrected chi connectivity index (χ4v) is 1.36. The molecule has 76 valence electrons. The fourth-order valence-electron chi connectivity index (χ4n) is 0.542. The monoisotopic (exact) mass is 204 g/mol. The third-order valence-corrected chi connectivity index (χ3v) is 2.26. The van der Waals surface area contributed by atoms with Crippen LogP contribution in [0.1, 0.15) is 26.7 Å². The molecule has 0 aliphatic rings. The van der Waals surface area contributed by atoms with Crippen molar-refractivity contribution in [2.24, 2.45) is 5.16 Å². The maximum absolute atomic E-state index is 10.6. The summed E-state index contributed by atoms with van der Waals surface area (Å²) >= 11 is 1.60. The Bertz CT molecular complexity index is 183. The van der Waals surface area contributed by atoms with Gasteiger partial charge in [0.2, 0.25) is 0 Å². The number of unbranched alkanes of at least 4 members (excludes halogenated alkanes) is 1. The first kappa shape index (κ1) is 12.3. The van der Waals surface area contributed by atoms with Crippen LogP contribution in [0, 0.1) is 0 Å². The highest BCUT2D eigenvalue weighted by Gasteiger charge is 1.97. The minimum absolute atomic E-state index is 0.532. The number of rotatable bonds is 4. The average Bonchev–Trinajstić information content (AvgIpc) is 2.14. The standard InChI is InChI=1S/C8H16N2O2S/c1-4-5-6-13-7(2)10-12-8(11)9-3/h4-6H2,1-3H3,(H,9,11)/b10-7+. The van der Waals surface area contributed by atoms with Gasteiger partial charge in [-0.1, -0.05) is 18.5 Å². The van der Waals surface area contributed by atoms with Crippen LogP contribution >= 0.6 is 11.8 Å². The van der Waals surface area contributed by atoms with Crippen molar-refractivity contribution in [2.45, 2.75) is 26.7 Å². The molecule has 0 aromatic rings. The predicted molar refractivity (Wildman–Crippen MR) is 56.0 cm³/mol. The molecule has 0 fully saturated rings. The van der Waals surface area contributed by atoms with Crippen molar-refractivity contribution in [3.05, 3.63) is 0 Å².